The second-order valence-electron chi connectivity index (χ2n) is 25.8. The number of rotatable bonds is 12. The number of carbonyl (C=O) groups excluding carboxylic acids is 12. The van der Waals surface area contributed by atoms with Crippen LogP contribution in [0.1, 0.15) is 82.6 Å². The van der Waals surface area contributed by atoms with E-state index >= 15 is 19.2 Å². The fraction of sp³-hybridized carbons (Fsp3) is 0.493. The summed E-state index contributed by atoms with van der Waals surface area (Å²) in [6.45, 7) is 7.21. The number of hydrogen-bond acceptors (Lipinski definition) is 12. The fourth-order valence-electron chi connectivity index (χ4n) is 11.9. The molecule has 2 heterocycles. The van der Waals surface area contributed by atoms with Crippen LogP contribution in [0.2, 0.25) is 5.02 Å². The molecule has 0 aliphatic carbocycles. The predicted molar refractivity (Wildman–Crippen MR) is 363 cm³/mol. The third-order valence-electron chi connectivity index (χ3n) is 18.2. The molecular weight excluding hydrogens is 1270 g/mol. The van der Waals surface area contributed by atoms with Crippen LogP contribution in [0.3, 0.4) is 0 Å². The van der Waals surface area contributed by atoms with E-state index in [1.54, 1.807) is 113 Å². The molecular formula is C71H94ClFN12O12. The van der Waals surface area contributed by atoms with Gasteiger partial charge in [0.2, 0.25) is 70.9 Å². The van der Waals surface area contributed by atoms with Crippen LogP contribution in [0, 0.1) is 17.7 Å². The van der Waals surface area contributed by atoms with Crippen LogP contribution >= 0.6 is 11.6 Å². The highest BCUT2D eigenvalue weighted by atomic mass is 35.5. The highest BCUT2D eigenvalue weighted by Crippen LogP contribution is 2.22. The third kappa shape index (κ3) is 21.1. The molecule has 24 nitrogen and oxygen atoms in total. The second kappa shape index (κ2) is 35.7. The van der Waals surface area contributed by atoms with Crippen molar-refractivity contribution in [3.05, 3.63) is 142 Å². The van der Waals surface area contributed by atoms with Crippen molar-refractivity contribution in [3.8, 4) is 0 Å². The second-order valence-corrected chi connectivity index (χ2v) is 26.3. The highest BCUT2D eigenvalue weighted by molar-refractivity contribution is 6.30. The van der Waals surface area contributed by atoms with Gasteiger partial charge in [0.05, 0.1) is 26.1 Å². The number of halogens is 2. The minimum absolute atomic E-state index is 0.0952. The lowest BCUT2D eigenvalue weighted by Crippen LogP contribution is -2.61. The summed E-state index contributed by atoms with van der Waals surface area (Å²) in [5, 5.41) is 11.5. The number of benzene rings is 4. The summed E-state index contributed by atoms with van der Waals surface area (Å²) in [6, 6.07) is 18.4. The first-order valence-electron chi connectivity index (χ1n) is 32.8. The van der Waals surface area contributed by atoms with Gasteiger partial charge in [0, 0.05) is 93.1 Å². The van der Waals surface area contributed by atoms with Crippen LogP contribution in [0.25, 0.3) is 0 Å². The van der Waals surface area contributed by atoms with Gasteiger partial charge in [0.15, 0.2) is 0 Å². The van der Waals surface area contributed by atoms with Gasteiger partial charge < -0.3 is 60.5 Å². The van der Waals surface area contributed by atoms with Gasteiger partial charge in [-0.2, -0.15) is 0 Å². The summed E-state index contributed by atoms with van der Waals surface area (Å²) in [5.74, 6) is -10.7. The molecule has 4 aromatic rings. The Kier molecular flexibility index (Phi) is 28.2. The molecule has 9 atom stereocenters. The van der Waals surface area contributed by atoms with Crippen molar-refractivity contribution in [2.24, 2.45) is 11.8 Å². The molecule has 0 saturated carbocycles. The lowest BCUT2D eigenvalue weighted by molar-refractivity contribution is -0.150. The van der Waals surface area contributed by atoms with E-state index in [1.165, 1.54) is 95.2 Å². The Morgan fingerprint density at radius 1 is 0.515 bits per heavy atom. The van der Waals surface area contributed by atoms with Crippen molar-refractivity contribution in [3.63, 3.8) is 0 Å². The molecule has 6 rings (SSSR count). The predicted octanol–water partition coefficient (Wildman–Crippen LogP) is 3.12. The van der Waals surface area contributed by atoms with Crippen molar-refractivity contribution in [1.82, 2.24) is 60.5 Å². The van der Waals surface area contributed by atoms with Crippen LogP contribution < -0.4 is 21.3 Å². The molecule has 2 fully saturated rings. The largest absolute Gasteiger partial charge is 0.342 e. The molecule has 0 radical (unpaired) electrons. The van der Waals surface area contributed by atoms with E-state index in [4.69, 9.17) is 11.6 Å². The number of nitrogens with one attached hydrogen (secondary N) is 4. The van der Waals surface area contributed by atoms with E-state index in [0.717, 1.165) is 24.5 Å². The maximum Gasteiger partial charge on any atom is 0.246 e. The Morgan fingerprint density at radius 2 is 1.05 bits per heavy atom. The van der Waals surface area contributed by atoms with E-state index in [1.807, 2.05) is 0 Å². The summed E-state index contributed by atoms with van der Waals surface area (Å²) in [5.41, 5.74) is 2.05. The first-order chi connectivity index (χ1) is 45.9. The van der Waals surface area contributed by atoms with Crippen molar-refractivity contribution < 1.29 is 61.9 Å². The maximum atomic E-state index is 15.5. The highest BCUT2D eigenvalue weighted by Gasteiger charge is 2.42. The quantitative estimate of drug-likeness (QED) is 0.159. The topological polar surface area (TPSA) is 279 Å². The lowest BCUT2D eigenvalue weighted by atomic mass is 9.97. The van der Waals surface area contributed by atoms with Gasteiger partial charge in [-0.25, -0.2) is 4.39 Å². The van der Waals surface area contributed by atoms with E-state index in [2.05, 4.69) is 21.3 Å². The van der Waals surface area contributed by atoms with E-state index < -0.39 is 163 Å². The maximum absolute atomic E-state index is 15.5. The lowest BCUT2D eigenvalue weighted by Gasteiger charge is -2.38. The fourth-order valence-corrected chi connectivity index (χ4v) is 12.0. The van der Waals surface area contributed by atoms with Crippen molar-refractivity contribution in [1.29, 1.82) is 0 Å². The Labute approximate surface area is 572 Å². The van der Waals surface area contributed by atoms with Crippen LogP contribution in [-0.4, -0.2) is 240 Å². The zero-order valence-corrected chi connectivity index (χ0v) is 58.3. The molecule has 26 heteroatoms. The first-order valence-corrected chi connectivity index (χ1v) is 33.1. The number of hydrogen-bond donors (Lipinski definition) is 4. The molecule has 12 amide bonds. The van der Waals surface area contributed by atoms with E-state index in [0.29, 0.717) is 54.1 Å². The number of amides is 12. The molecule has 0 aromatic heterocycles. The normalized spacial score (nSPS) is 23.5. The van der Waals surface area contributed by atoms with E-state index in [9.17, 15) is 42.7 Å². The summed E-state index contributed by atoms with van der Waals surface area (Å²) in [4.78, 5) is 185. The molecule has 4 aromatic carbocycles. The average Bonchev–Trinajstić information content (AvgIpc) is 0.925. The molecule has 524 valence electrons. The molecule has 97 heavy (non-hydrogen) atoms. The van der Waals surface area contributed by atoms with Gasteiger partial charge in [-0.1, -0.05) is 131 Å². The minimum Gasteiger partial charge on any atom is -0.342 e. The summed E-state index contributed by atoms with van der Waals surface area (Å²) in [6.07, 6.45) is 0.461. The monoisotopic (exact) mass is 1360 g/mol. The minimum atomic E-state index is -1.54. The van der Waals surface area contributed by atoms with Gasteiger partial charge >= 0.3 is 0 Å². The average molecular weight is 1360 g/mol. The SMILES string of the molecule is CC[C@H](C)[C@@H]1NC(=O)[C@H](C)N(C)C(=O)C[C@H](C(=O)N2CCCC2)NC(=O)[C@H](C(C)C)N(C)C(=O)[C@H](Cc2ccccc2)N(C)C(=O)[C@H](Cc2ccccc2)NC(=O)[C@H](Cc2cccc(F)c2)NC(=O)CN(C)C(=O)[C@H](Cc2ccc(Cl)cc2)N(C)C(=O)CN(C)C(=O)CN(C)C1=O. The van der Waals surface area contributed by atoms with Gasteiger partial charge in [0.25, 0.3) is 0 Å². The van der Waals surface area contributed by atoms with Crippen molar-refractivity contribution >= 4 is 82.5 Å². The van der Waals surface area contributed by atoms with Crippen LogP contribution in [0.15, 0.2) is 109 Å². The molecule has 0 spiro atoms. The molecule has 0 unspecified atom stereocenters. The third-order valence-corrected chi connectivity index (χ3v) is 18.5. The summed E-state index contributed by atoms with van der Waals surface area (Å²) < 4.78 is 14.9. The van der Waals surface area contributed by atoms with Gasteiger partial charge in [-0.15, -0.1) is 0 Å². The number of carbonyl (C=O) groups is 12. The van der Waals surface area contributed by atoms with Gasteiger partial charge in [-0.3, -0.25) is 57.5 Å². The zero-order valence-electron chi connectivity index (χ0n) is 57.6. The Balaban J connectivity index is 1.45. The van der Waals surface area contributed by atoms with E-state index in [-0.39, 0.29) is 31.2 Å². The Bertz CT molecular complexity index is 3450. The van der Waals surface area contributed by atoms with Crippen molar-refractivity contribution in [2.45, 2.75) is 134 Å². The van der Waals surface area contributed by atoms with Gasteiger partial charge in [0.1, 0.15) is 54.2 Å². The Hall–Kier alpha value is -9.26. The molecule has 2 aliphatic heterocycles. The Morgan fingerprint density at radius 3 is 1.63 bits per heavy atom. The van der Waals surface area contributed by atoms with Crippen LogP contribution in [0.4, 0.5) is 4.39 Å². The van der Waals surface area contributed by atoms with Crippen LogP contribution in [-0.2, 0) is 83.2 Å². The molecule has 4 N–H and O–H groups in total. The number of nitrogens with zero attached hydrogens (tertiary/aromatic N) is 8. The molecule has 0 bridgehead atoms. The van der Waals surface area contributed by atoms with Crippen LogP contribution in [0.5, 0.6) is 0 Å². The number of likely N-dealkylation sites (N-methyl/N-ethyl adjacent to an activating group) is 7. The number of likely N-dealkylation sites (tertiary alicyclic amines) is 1. The zero-order chi connectivity index (χ0) is 71.5. The van der Waals surface area contributed by atoms with Crippen molar-refractivity contribution in [2.75, 3.05) is 82.1 Å². The smallest absolute Gasteiger partial charge is 0.246 e. The standard InChI is InChI=1S/C71H94ClFN12O12/c1-13-45(4)62-71(97)80(8)42-60(88)78(6)43-61(89)82(10)56(39-49-29-31-51(72)32-30-49)69(95)79(7)41-58(86)74-53(37-50-27-22-28-52(73)35-50)65(91)75-54(36-47-23-16-14-17-24-47)67(93)83(11)57(38-48-25-18-15-19-26-48)70(96)84(12)63(44(2)3)66(92)76-55(68(94)85-33-20-21-34-85)40-59(87)81(9)46(5)64(90)77-62/h14-19,22-32,35,44-46,53-57,62-63H,13,20-21,33-34,36-43H2,1-12H3,(H,74,86)(H,75,91)(H,76,92)(H,77,90)/t45-,46-,53-,54-,55+,56-,57-,62-,63-/m0/s1. The summed E-state index contributed by atoms with van der Waals surface area (Å²) >= 11 is 6.23. The first kappa shape index (κ1) is 76.8. The summed E-state index contributed by atoms with van der Waals surface area (Å²) in [7, 11) is 9.51. The van der Waals surface area contributed by atoms with Gasteiger partial charge in [-0.05, 0) is 78.1 Å². The molecule has 2 saturated heterocycles. The molecule has 2 aliphatic rings.